The van der Waals surface area contributed by atoms with Gasteiger partial charge in [-0.2, -0.15) is 5.10 Å². The largest absolute Gasteiger partial charge is 0.388 e. The zero-order valence-electron chi connectivity index (χ0n) is 13.4. The topological polar surface area (TPSA) is 66.1 Å². The molecular formula is C16H23N5O. The Morgan fingerprint density at radius 2 is 2.27 bits per heavy atom. The van der Waals surface area contributed by atoms with Crippen molar-refractivity contribution in [3.8, 4) is 0 Å². The number of H-pyrrole nitrogens is 1. The summed E-state index contributed by atoms with van der Waals surface area (Å²) in [5.74, 6) is 0. The van der Waals surface area contributed by atoms with Crippen molar-refractivity contribution in [2.45, 2.75) is 26.5 Å². The minimum atomic E-state index is 0.0213. The standard InChI is InChI=1S/C16H23N5O/c1-11-6-14(17-3)7-15(19-11)16-10-21(4-5-22-16)9-13-8-18-20-12(13)2/h6-8,16H,4-5,9-10H2,1-3H3,(H,17,19)(H,18,20)/t16-/m1/s1. The molecule has 0 bridgehead atoms. The fraction of sp³-hybridized carbons (Fsp3) is 0.500. The molecule has 0 radical (unpaired) electrons. The van der Waals surface area contributed by atoms with E-state index >= 15 is 0 Å². The normalized spacial score (nSPS) is 19.3. The first-order chi connectivity index (χ1) is 10.7. The average molecular weight is 301 g/mol. The Kier molecular flexibility index (Phi) is 4.40. The zero-order valence-corrected chi connectivity index (χ0v) is 13.4. The molecular weight excluding hydrogens is 278 g/mol. The molecule has 1 aliphatic rings. The molecule has 118 valence electrons. The fourth-order valence-corrected chi connectivity index (χ4v) is 2.80. The lowest BCUT2D eigenvalue weighted by Gasteiger charge is -2.32. The Morgan fingerprint density at radius 1 is 1.41 bits per heavy atom. The maximum atomic E-state index is 5.94. The lowest BCUT2D eigenvalue weighted by molar-refractivity contribution is -0.0350. The molecule has 1 fully saturated rings. The highest BCUT2D eigenvalue weighted by Crippen LogP contribution is 2.24. The van der Waals surface area contributed by atoms with E-state index < -0.39 is 0 Å². The number of pyridine rings is 1. The van der Waals surface area contributed by atoms with Gasteiger partial charge in [0.1, 0.15) is 6.10 Å². The van der Waals surface area contributed by atoms with E-state index in [1.54, 1.807) is 0 Å². The van der Waals surface area contributed by atoms with Crippen molar-refractivity contribution in [2.24, 2.45) is 0 Å². The number of nitrogens with one attached hydrogen (secondary N) is 2. The summed E-state index contributed by atoms with van der Waals surface area (Å²) >= 11 is 0. The summed E-state index contributed by atoms with van der Waals surface area (Å²) in [6, 6.07) is 4.11. The molecule has 1 saturated heterocycles. The van der Waals surface area contributed by atoms with Crippen LogP contribution in [-0.2, 0) is 11.3 Å². The summed E-state index contributed by atoms with van der Waals surface area (Å²) in [7, 11) is 1.92. The van der Waals surface area contributed by atoms with E-state index in [0.717, 1.165) is 49.0 Å². The SMILES string of the molecule is CNc1cc(C)nc([C@H]2CN(Cc3cn[nH]c3C)CCO2)c1. The van der Waals surface area contributed by atoms with Crippen molar-refractivity contribution in [2.75, 3.05) is 32.1 Å². The van der Waals surface area contributed by atoms with E-state index in [9.17, 15) is 0 Å². The van der Waals surface area contributed by atoms with Crippen LogP contribution in [-0.4, -0.2) is 46.8 Å². The quantitative estimate of drug-likeness (QED) is 0.904. The van der Waals surface area contributed by atoms with Gasteiger partial charge in [-0.05, 0) is 26.0 Å². The number of nitrogens with zero attached hydrogens (tertiary/aromatic N) is 3. The molecule has 0 unspecified atom stereocenters. The van der Waals surface area contributed by atoms with Crippen molar-refractivity contribution in [1.29, 1.82) is 0 Å². The molecule has 3 rings (SSSR count). The van der Waals surface area contributed by atoms with E-state index in [0.29, 0.717) is 0 Å². The van der Waals surface area contributed by atoms with E-state index in [4.69, 9.17) is 4.74 Å². The Balaban J connectivity index is 1.73. The fourth-order valence-electron chi connectivity index (χ4n) is 2.80. The number of ether oxygens (including phenoxy) is 1. The Hall–Kier alpha value is -1.92. The first kappa shape index (κ1) is 15.0. The molecule has 0 saturated carbocycles. The van der Waals surface area contributed by atoms with Crippen LogP contribution in [0.15, 0.2) is 18.3 Å². The van der Waals surface area contributed by atoms with Gasteiger partial charge in [0.15, 0.2) is 0 Å². The number of rotatable bonds is 4. The molecule has 6 nitrogen and oxygen atoms in total. The van der Waals surface area contributed by atoms with E-state index in [1.807, 2.05) is 26.2 Å². The van der Waals surface area contributed by atoms with Gasteiger partial charge < -0.3 is 10.1 Å². The number of morpholine rings is 1. The van der Waals surface area contributed by atoms with Gasteiger partial charge in [0.05, 0.1) is 18.5 Å². The molecule has 0 aromatic carbocycles. The molecule has 1 aliphatic heterocycles. The summed E-state index contributed by atoms with van der Waals surface area (Å²) in [5.41, 5.74) is 5.46. The van der Waals surface area contributed by atoms with Gasteiger partial charge in [0.25, 0.3) is 0 Å². The van der Waals surface area contributed by atoms with Crippen molar-refractivity contribution in [3.05, 3.63) is 41.0 Å². The average Bonchev–Trinajstić information content (AvgIpc) is 2.92. The summed E-state index contributed by atoms with van der Waals surface area (Å²) < 4.78 is 5.94. The van der Waals surface area contributed by atoms with Crippen LogP contribution in [0.2, 0.25) is 0 Å². The molecule has 6 heteroatoms. The van der Waals surface area contributed by atoms with E-state index in [2.05, 4.69) is 38.4 Å². The van der Waals surface area contributed by atoms with Crippen LogP contribution in [0.1, 0.15) is 28.7 Å². The number of anilines is 1. The van der Waals surface area contributed by atoms with Gasteiger partial charge in [0.2, 0.25) is 0 Å². The molecule has 0 spiro atoms. The third-order valence-electron chi connectivity index (χ3n) is 4.07. The number of aromatic amines is 1. The van der Waals surface area contributed by atoms with E-state index in [-0.39, 0.29) is 6.10 Å². The Bertz CT molecular complexity index is 639. The van der Waals surface area contributed by atoms with Crippen LogP contribution in [0.25, 0.3) is 0 Å². The molecule has 2 aromatic heterocycles. The second kappa shape index (κ2) is 6.46. The predicted molar refractivity (Wildman–Crippen MR) is 85.8 cm³/mol. The van der Waals surface area contributed by atoms with Crippen LogP contribution >= 0.6 is 0 Å². The van der Waals surface area contributed by atoms with Crippen molar-refractivity contribution in [3.63, 3.8) is 0 Å². The van der Waals surface area contributed by atoms with E-state index in [1.165, 1.54) is 5.56 Å². The third-order valence-corrected chi connectivity index (χ3v) is 4.07. The summed E-state index contributed by atoms with van der Waals surface area (Å²) in [6.07, 6.45) is 1.93. The highest BCUT2D eigenvalue weighted by molar-refractivity contribution is 5.45. The van der Waals surface area contributed by atoms with Crippen LogP contribution in [0.4, 0.5) is 5.69 Å². The first-order valence-electron chi connectivity index (χ1n) is 7.65. The Morgan fingerprint density at radius 3 is 3.00 bits per heavy atom. The summed E-state index contributed by atoms with van der Waals surface area (Å²) in [4.78, 5) is 7.04. The summed E-state index contributed by atoms with van der Waals surface area (Å²) in [6.45, 7) is 7.48. The van der Waals surface area contributed by atoms with Gasteiger partial charge in [-0.3, -0.25) is 15.0 Å². The van der Waals surface area contributed by atoms with Crippen molar-refractivity contribution in [1.82, 2.24) is 20.1 Å². The second-order valence-electron chi connectivity index (χ2n) is 5.79. The molecule has 3 heterocycles. The van der Waals surface area contributed by atoms with Crippen LogP contribution in [0.3, 0.4) is 0 Å². The highest BCUT2D eigenvalue weighted by atomic mass is 16.5. The van der Waals surface area contributed by atoms with Crippen LogP contribution < -0.4 is 5.32 Å². The number of aromatic nitrogens is 3. The Labute approximate surface area is 130 Å². The summed E-state index contributed by atoms with van der Waals surface area (Å²) in [5, 5.41) is 10.3. The third kappa shape index (κ3) is 3.28. The smallest absolute Gasteiger partial charge is 0.112 e. The second-order valence-corrected chi connectivity index (χ2v) is 5.79. The van der Waals surface area contributed by atoms with Gasteiger partial charge in [-0.15, -0.1) is 0 Å². The van der Waals surface area contributed by atoms with Crippen LogP contribution in [0, 0.1) is 13.8 Å². The van der Waals surface area contributed by atoms with Crippen LogP contribution in [0.5, 0.6) is 0 Å². The molecule has 22 heavy (non-hydrogen) atoms. The minimum Gasteiger partial charge on any atom is -0.388 e. The number of hydrogen-bond acceptors (Lipinski definition) is 5. The molecule has 0 aliphatic carbocycles. The van der Waals surface area contributed by atoms with Gasteiger partial charge in [-0.1, -0.05) is 0 Å². The maximum absolute atomic E-state index is 5.94. The maximum Gasteiger partial charge on any atom is 0.112 e. The predicted octanol–water partition coefficient (Wildman–Crippen LogP) is 2.04. The monoisotopic (exact) mass is 301 g/mol. The highest BCUT2D eigenvalue weighted by Gasteiger charge is 2.24. The van der Waals surface area contributed by atoms with Gasteiger partial charge in [0, 0.05) is 49.3 Å². The number of aryl methyl sites for hydroxylation is 2. The van der Waals surface area contributed by atoms with Crippen molar-refractivity contribution < 1.29 is 4.74 Å². The molecule has 2 aromatic rings. The minimum absolute atomic E-state index is 0.0213. The van der Waals surface area contributed by atoms with Gasteiger partial charge >= 0.3 is 0 Å². The van der Waals surface area contributed by atoms with Crippen molar-refractivity contribution >= 4 is 5.69 Å². The van der Waals surface area contributed by atoms with Gasteiger partial charge in [-0.25, -0.2) is 0 Å². The number of hydrogen-bond donors (Lipinski definition) is 2. The lowest BCUT2D eigenvalue weighted by atomic mass is 10.1. The molecule has 0 amide bonds. The zero-order chi connectivity index (χ0) is 15.5. The molecule has 1 atom stereocenters. The lowest BCUT2D eigenvalue weighted by Crippen LogP contribution is -2.38. The first-order valence-corrected chi connectivity index (χ1v) is 7.65. The molecule has 2 N–H and O–H groups in total.